The lowest BCUT2D eigenvalue weighted by Crippen LogP contribution is -2.06. The molecule has 0 amide bonds. The van der Waals surface area contributed by atoms with E-state index in [0.717, 1.165) is 11.4 Å². The van der Waals surface area contributed by atoms with Gasteiger partial charge in [-0.05, 0) is 26.0 Å². The molecule has 6 nitrogen and oxygen atoms in total. The minimum atomic E-state index is 0.337. The van der Waals surface area contributed by atoms with Gasteiger partial charge in [-0.3, -0.25) is 0 Å². The van der Waals surface area contributed by atoms with Crippen LogP contribution in [-0.2, 0) is 11.3 Å². The number of para-hydroxylation sites is 2. The number of nitrogens with one attached hydrogen (secondary N) is 1. The second-order valence-electron chi connectivity index (χ2n) is 4.29. The molecule has 0 aliphatic carbocycles. The molecule has 0 aliphatic heterocycles. The van der Waals surface area contributed by atoms with Crippen molar-refractivity contribution in [2.24, 2.45) is 0 Å². The molecule has 0 saturated carbocycles. The number of hydrogen-bond acceptors (Lipinski definition) is 6. The third-order valence-corrected chi connectivity index (χ3v) is 2.68. The van der Waals surface area contributed by atoms with E-state index in [1.54, 1.807) is 6.07 Å². The summed E-state index contributed by atoms with van der Waals surface area (Å²) in [7, 11) is 0. The van der Waals surface area contributed by atoms with Crippen LogP contribution in [0.2, 0.25) is 0 Å². The van der Waals surface area contributed by atoms with Crippen molar-refractivity contribution in [3.05, 3.63) is 36.2 Å². The first-order valence-electron chi connectivity index (χ1n) is 6.93. The Hall–Kier alpha value is -2.34. The maximum atomic E-state index is 5.80. The van der Waals surface area contributed by atoms with Crippen molar-refractivity contribution in [2.45, 2.75) is 20.5 Å². The Bertz CT molecular complexity index is 590. The van der Waals surface area contributed by atoms with Crippen LogP contribution in [0.3, 0.4) is 0 Å². The summed E-state index contributed by atoms with van der Waals surface area (Å²) in [6.07, 6.45) is 0. The van der Waals surface area contributed by atoms with Crippen LogP contribution in [-0.4, -0.2) is 23.2 Å². The van der Waals surface area contributed by atoms with Crippen molar-refractivity contribution in [1.82, 2.24) is 9.97 Å². The average molecular weight is 288 g/mol. The predicted octanol–water partition coefficient (Wildman–Crippen LogP) is 2.74. The highest BCUT2D eigenvalue weighted by Gasteiger charge is 2.07. The van der Waals surface area contributed by atoms with Gasteiger partial charge in [0.25, 0.3) is 0 Å². The summed E-state index contributed by atoms with van der Waals surface area (Å²) in [6, 6.07) is 9.35. The maximum Gasteiger partial charge on any atom is 0.158 e. The second kappa shape index (κ2) is 7.44. The van der Waals surface area contributed by atoms with E-state index in [-0.39, 0.29) is 0 Å². The van der Waals surface area contributed by atoms with E-state index < -0.39 is 0 Å². The number of anilines is 3. The van der Waals surface area contributed by atoms with Gasteiger partial charge in [-0.2, -0.15) is 0 Å². The van der Waals surface area contributed by atoms with Crippen molar-refractivity contribution >= 4 is 17.3 Å². The molecule has 0 radical (unpaired) electrons. The highest BCUT2D eigenvalue weighted by Crippen LogP contribution is 2.27. The van der Waals surface area contributed by atoms with Crippen molar-refractivity contribution in [3.63, 3.8) is 0 Å². The molecule has 112 valence electrons. The molecule has 0 aliphatic rings. The zero-order valence-electron chi connectivity index (χ0n) is 12.3. The van der Waals surface area contributed by atoms with Gasteiger partial charge in [0.05, 0.1) is 12.3 Å². The molecule has 1 heterocycles. The molecule has 2 aromatic rings. The average Bonchev–Trinajstić information content (AvgIpc) is 2.47. The van der Waals surface area contributed by atoms with Crippen molar-refractivity contribution in [3.8, 4) is 5.75 Å². The third kappa shape index (κ3) is 4.32. The minimum absolute atomic E-state index is 0.337. The number of nitrogens with zero attached hydrogens (tertiary/aromatic N) is 2. The Morgan fingerprint density at radius 2 is 1.95 bits per heavy atom. The summed E-state index contributed by atoms with van der Waals surface area (Å²) in [4.78, 5) is 8.53. The van der Waals surface area contributed by atoms with Gasteiger partial charge in [-0.15, -0.1) is 0 Å². The number of nitrogen functional groups attached to an aromatic ring is 1. The van der Waals surface area contributed by atoms with E-state index in [1.165, 1.54) is 0 Å². The number of rotatable bonds is 7. The monoisotopic (exact) mass is 288 g/mol. The molecule has 0 atom stereocenters. The first kappa shape index (κ1) is 15.1. The van der Waals surface area contributed by atoms with Crippen molar-refractivity contribution in [1.29, 1.82) is 0 Å². The summed E-state index contributed by atoms with van der Waals surface area (Å²) >= 11 is 0. The van der Waals surface area contributed by atoms with Crippen LogP contribution in [0.25, 0.3) is 0 Å². The largest absolute Gasteiger partial charge is 0.492 e. The smallest absolute Gasteiger partial charge is 0.158 e. The Morgan fingerprint density at radius 1 is 1.14 bits per heavy atom. The SMILES string of the molecule is CCOCc1nc(N)cc(Nc2ccccc2OCC)n1. The van der Waals surface area contributed by atoms with E-state index in [4.69, 9.17) is 15.2 Å². The molecule has 21 heavy (non-hydrogen) atoms. The quantitative estimate of drug-likeness (QED) is 0.815. The van der Waals surface area contributed by atoms with Gasteiger partial charge >= 0.3 is 0 Å². The number of nitrogens with two attached hydrogens (primary N) is 1. The molecule has 0 bridgehead atoms. The molecule has 1 aromatic heterocycles. The Labute approximate surface area is 124 Å². The van der Waals surface area contributed by atoms with Gasteiger partial charge in [-0.25, -0.2) is 9.97 Å². The molecule has 0 spiro atoms. The van der Waals surface area contributed by atoms with E-state index >= 15 is 0 Å². The van der Waals surface area contributed by atoms with Gasteiger partial charge in [0.2, 0.25) is 0 Å². The number of ether oxygens (including phenoxy) is 2. The van der Waals surface area contributed by atoms with Crippen LogP contribution in [0.1, 0.15) is 19.7 Å². The zero-order valence-corrected chi connectivity index (χ0v) is 12.3. The summed E-state index contributed by atoms with van der Waals surface area (Å²) in [6.45, 7) is 5.40. The molecular weight excluding hydrogens is 268 g/mol. The first-order chi connectivity index (χ1) is 10.2. The highest BCUT2D eigenvalue weighted by atomic mass is 16.5. The van der Waals surface area contributed by atoms with Crippen LogP contribution >= 0.6 is 0 Å². The molecular formula is C15H20N4O2. The van der Waals surface area contributed by atoms with Gasteiger partial charge < -0.3 is 20.5 Å². The topological polar surface area (TPSA) is 82.3 Å². The Balaban J connectivity index is 2.21. The fourth-order valence-electron chi connectivity index (χ4n) is 1.83. The molecule has 6 heteroatoms. The first-order valence-corrected chi connectivity index (χ1v) is 6.93. The van der Waals surface area contributed by atoms with E-state index in [2.05, 4.69) is 15.3 Å². The molecule has 0 saturated heterocycles. The van der Waals surface area contributed by atoms with Crippen molar-refractivity contribution in [2.75, 3.05) is 24.3 Å². The van der Waals surface area contributed by atoms with Crippen LogP contribution in [0.5, 0.6) is 5.75 Å². The highest BCUT2D eigenvalue weighted by molar-refractivity contribution is 5.65. The van der Waals surface area contributed by atoms with E-state index in [9.17, 15) is 0 Å². The molecule has 2 rings (SSSR count). The summed E-state index contributed by atoms with van der Waals surface area (Å²) < 4.78 is 10.9. The summed E-state index contributed by atoms with van der Waals surface area (Å²) in [5, 5.41) is 3.20. The normalized spacial score (nSPS) is 10.4. The fourth-order valence-corrected chi connectivity index (χ4v) is 1.83. The lowest BCUT2D eigenvalue weighted by atomic mass is 10.3. The predicted molar refractivity (Wildman–Crippen MR) is 82.7 cm³/mol. The van der Waals surface area contributed by atoms with Gasteiger partial charge in [0, 0.05) is 12.7 Å². The van der Waals surface area contributed by atoms with Crippen molar-refractivity contribution < 1.29 is 9.47 Å². The molecule has 3 N–H and O–H groups in total. The standard InChI is InChI=1S/C15H20N4O2/c1-3-20-10-15-18-13(16)9-14(19-15)17-11-7-5-6-8-12(11)21-4-2/h5-9H,3-4,10H2,1-2H3,(H3,16,17,18,19). The molecule has 1 aromatic carbocycles. The molecule has 0 unspecified atom stereocenters. The molecule has 0 fully saturated rings. The third-order valence-electron chi connectivity index (χ3n) is 2.68. The number of hydrogen-bond donors (Lipinski definition) is 2. The van der Waals surface area contributed by atoms with Crippen LogP contribution < -0.4 is 15.8 Å². The van der Waals surface area contributed by atoms with E-state index in [1.807, 2.05) is 38.1 Å². The number of benzene rings is 1. The lowest BCUT2D eigenvalue weighted by Gasteiger charge is -2.12. The van der Waals surface area contributed by atoms with E-state index in [0.29, 0.717) is 37.3 Å². The van der Waals surface area contributed by atoms with Crippen LogP contribution in [0, 0.1) is 0 Å². The van der Waals surface area contributed by atoms with Gasteiger partial charge in [-0.1, -0.05) is 12.1 Å². The second-order valence-corrected chi connectivity index (χ2v) is 4.29. The van der Waals surface area contributed by atoms with Crippen LogP contribution in [0.15, 0.2) is 30.3 Å². The maximum absolute atomic E-state index is 5.80. The zero-order chi connectivity index (χ0) is 15.1. The summed E-state index contributed by atoms with van der Waals surface area (Å²) in [5.74, 6) is 2.33. The fraction of sp³-hybridized carbons (Fsp3) is 0.333. The Kier molecular flexibility index (Phi) is 5.34. The number of aromatic nitrogens is 2. The minimum Gasteiger partial charge on any atom is -0.492 e. The van der Waals surface area contributed by atoms with Crippen LogP contribution in [0.4, 0.5) is 17.3 Å². The lowest BCUT2D eigenvalue weighted by molar-refractivity contribution is 0.128. The summed E-state index contributed by atoms with van der Waals surface area (Å²) in [5.41, 5.74) is 6.64. The van der Waals surface area contributed by atoms with Gasteiger partial charge in [0.1, 0.15) is 24.0 Å². The van der Waals surface area contributed by atoms with Gasteiger partial charge in [0.15, 0.2) is 5.82 Å². The Morgan fingerprint density at radius 3 is 2.71 bits per heavy atom.